The SMILES string of the molecule is O=C1C[C@H](c2noc(-c3cccs3)n2)CN1Cc1cccs1. The van der Waals surface area contributed by atoms with Gasteiger partial charge in [0.25, 0.3) is 5.89 Å². The van der Waals surface area contributed by atoms with Crippen LogP contribution in [0.5, 0.6) is 0 Å². The molecule has 0 radical (unpaired) electrons. The number of thiophene rings is 2. The van der Waals surface area contributed by atoms with Crippen molar-refractivity contribution in [2.24, 2.45) is 0 Å². The van der Waals surface area contributed by atoms with Crippen LogP contribution in [0.2, 0.25) is 0 Å². The fourth-order valence-electron chi connectivity index (χ4n) is 2.59. The third kappa shape index (κ3) is 2.57. The van der Waals surface area contributed by atoms with Crippen molar-refractivity contribution in [2.45, 2.75) is 18.9 Å². The fourth-order valence-corrected chi connectivity index (χ4v) is 3.95. The molecule has 22 heavy (non-hydrogen) atoms. The van der Waals surface area contributed by atoms with Crippen LogP contribution >= 0.6 is 22.7 Å². The highest BCUT2D eigenvalue weighted by Crippen LogP contribution is 2.30. The number of rotatable bonds is 4. The number of likely N-dealkylation sites (tertiary alicyclic amines) is 1. The molecule has 0 aliphatic carbocycles. The summed E-state index contributed by atoms with van der Waals surface area (Å²) in [6.45, 7) is 1.32. The average Bonchev–Trinajstić information content (AvgIpc) is 3.27. The summed E-state index contributed by atoms with van der Waals surface area (Å²) in [6, 6.07) is 7.95. The molecule has 3 aromatic heterocycles. The van der Waals surface area contributed by atoms with Crippen molar-refractivity contribution in [2.75, 3.05) is 6.54 Å². The van der Waals surface area contributed by atoms with Crippen molar-refractivity contribution in [3.63, 3.8) is 0 Å². The van der Waals surface area contributed by atoms with E-state index in [1.54, 1.807) is 22.7 Å². The number of carbonyl (C=O) groups is 1. The Morgan fingerprint density at radius 3 is 2.91 bits per heavy atom. The van der Waals surface area contributed by atoms with Crippen LogP contribution in [0.4, 0.5) is 0 Å². The molecule has 1 amide bonds. The number of aromatic nitrogens is 2. The Bertz CT molecular complexity index is 765. The number of nitrogens with zero attached hydrogens (tertiary/aromatic N) is 3. The zero-order valence-electron chi connectivity index (χ0n) is 11.6. The lowest BCUT2D eigenvalue weighted by atomic mass is 10.1. The molecule has 0 spiro atoms. The van der Waals surface area contributed by atoms with E-state index in [4.69, 9.17) is 4.52 Å². The first-order valence-electron chi connectivity index (χ1n) is 6.97. The van der Waals surface area contributed by atoms with E-state index in [1.807, 2.05) is 33.9 Å². The van der Waals surface area contributed by atoms with E-state index in [9.17, 15) is 4.79 Å². The second-order valence-electron chi connectivity index (χ2n) is 5.19. The molecule has 1 aliphatic heterocycles. The molecule has 4 heterocycles. The normalized spacial score (nSPS) is 18.3. The molecular formula is C15H13N3O2S2. The van der Waals surface area contributed by atoms with Gasteiger partial charge in [-0.25, -0.2) is 0 Å². The van der Waals surface area contributed by atoms with Crippen LogP contribution in [0.25, 0.3) is 10.8 Å². The van der Waals surface area contributed by atoms with Crippen LogP contribution in [0, 0.1) is 0 Å². The second kappa shape index (κ2) is 5.66. The quantitative estimate of drug-likeness (QED) is 0.735. The van der Waals surface area contributed by atoms with Crippen molar-refractivity contribution in [1.82, 2.24) is 15.0 Å². The van der Waals surface area contributed by atoms with E-state index >= 15 is 0 Å². The van der Waals surface area contributed by atoms with Gasteiger partial charge in [0.15, 0.2) is 5.82 Å². The first-order chi connectivity index (χ1) is 10.8. The molecule has 3 aromatic rings. The van der Waals surface area contributed by atoms with E-state index < -0.39 is 0 Å². The molecule has 112 valence electrons. The fraction of sp³-hybridized carbons (Fsp3) is 0.267. The maximum Gasteiger partial charge on any atom is 0.267 e. The van der Waals surface area contributed by atoms with E-state index in [1.165, 1.54) is 4.88 Å². The number of carbonyl (C=O) groups excluding carboxylic acids is 1. The molecule has 1 saturated heterocycles. The van der Waals surface area contributed by atoms with Gasteiger partial charge in [-0.15, -0.1) is 22.7 Å². The van der Waals surface area contributed by atoms with Gasteiger partial charge >= 0.3 is 0 Å². The summed E-state index contributed by atoms with van der Waals surface area (Å²) in [7, 11) is 0. The average molecular weight is 331 g/mol. The summed E-state index contributed by atoms with van der Waals surface area (Å²) in [5.74, 6) is 1.34. The minimum atomic E-state index is 0.0184. The Labute approximate surface area is 135 Å². The van der Waals surface area contributed by atoms with Crippen LogP contribution in [-0.2, 0) is 11.3 Å². The Morgan fingerprint density at radius 2 is 2.14 bits per heavy atom. The molecule has 1 aliphatic rings. The summed E-state index contributed by atoms with van der Waals surface area (Å²) in [4.78, 5) is 20.6. The summed E-state index contributed by atoms with van der Waals surface area (Å²) in [5.41, 5.74) is 0. The van der Waals surface area contributed by atoms with Crippen LogP contribution in [0.3, 0.4) is 0 Å². The molecule has 0 saturated carbocycles. The maximum atomic E-state index is 12.2. The molecule has 1 fully saturated rings. The highest BCUT2D eigenvalue weighted by atomic mass is 32.1. The smallest absolute Gasteiger partial charge is 0.267 e. The lowest BCUT2D eigenvalue weighted by Gasteiger charge is -2.14. The second-order valence-corrected chi connectivity index (χ2v) is 7.17. The van der Waals surface area contributed by atoms with Crippen LogP contribution < -0.4 is 0 Å². The number of hydrogen-bond acceptors (Lipinski definition) is 6. The lowest BCUT2D eigenvalue weighted by molar-refractivity contribution is -0.128. The van der Waals surface area contributed by atoms with Gasteiger partial charge in [-0.3, -0.25) is 4.79 Å². The zero-order chi connectivity index (χ0) is 14.9. The Balaban J connectivity index is 1.49. The third-order valence-corrected chi connectivity index (χ3v) is 5.40. The molecule has 0 unspecified atom stereocenters. The molecule has 0 bridgehead atoms. The van der Waals surface area contributed by atoms with Gasteiger partial charge < -0.3 is 9.42 Å². The Kier molecular flexibility index (Phi) is 3.51. The van der Waals surface area contributed by atoms with Crippen molar-refractivity contribution < 1.29 is 9.32 Å². The topological polar surface area (TPSA) is 59.2 Å². The van der Waals surface area contributed by atoms with Gasteiger partial charge in [-0.05, 0) is 22.9 Å². The highest BCUT2D eigenvalue weighted by molar-refractivity contribution is 7.13. The van der Waals surface area contributed by atoms with Gasteiger partial charge in [-0.1, -0.05) is 17.3 Å². The number of amides is 1. The molecule has 0 aromatic carbocycles. The molecule has 5 nitrogen and oxygen atoms in total. The lowest BCUT2D eigenvalue weighted by Crippen LogP contribution is -2.23. The number of hydrogen-bond donors (Lipinski definition) is 0. The van der Waals surface area contributed by atoms with Gasteiger partial charge in [0, 0.05) is 23.8 Å². The van der Waals surface area contributed by atoms with Gasteiger partial charge in [0.1, 0.15) is 0 Å². The van der Waals surface area contributed by atoms with Gasteiger partial charge in [0.05, 0.1) is 11.4 Å². The van der Waals surface area contributed by atoms with E-state index in [-0.39, 0.29) is 11.8 Å². The Hall–Kier alpha value is -1.99. The highest BCUT2D eigenvalue weighted by Gasteiger charge is 2.33. The molecule has 0 N–H and O–H groups in total. The van der Waals surface area contributed by atoms with Crippen molar-refractivity contribution in [1.29, 1.82) is 0 Å². The Morgan fingerprint density at radius 1 is 1.27 bits per heavy atom. The first kappa shape index (κ1) is 13.7. The maximum absolute atomic E-state index is 12.2. The van der Waals surface area contributed by atoms with Crippen molar-refractivity contribution in [3.8, 4) is 10.8 Å². The molecule has 1 atom stereocenters. The standard InChI is InChI=1S/C15H13N3O2S2/c19-13-7-10(8-18(13)9-11-3-1-5-21-11)14-16-15(20-17-14)12-4-2-6-22-12/h1-6,10H,7-9H2/t10-/m0/s1. The summed E-state index contributed by atoms with van der Waals surface area (Å²) < 4.78 is 5.32. The third-order valence-electron chi connectivity index (χ3n) is 3.68. The van der Waals surface area contributed by atoms with Crippen LogP contribution in [0.1, 0.15) is 23.0 Å². The van der Waals surface area contributed by atoms with Gasteiger partial charge in [0.2, 0.25) is 5.91 Å². The van der Waals surface area contributed by atoms with Crippen LogP contribution in [-0.4, -0.2) is 27.5 Å². The van der Waals surface area contributed by atoms with E-state index in [2.05, 4.69) is 16.2 Å². The van der Waals surface area contributed by atoms with Gasteiger partial charge in [-0.2, -0.15) is 4.98 Å². The molecule has 7 heteroatoms. The van der Waals surface area contributed by atoms with Crippen molar-refractivity contribution >= 4 is 28.6 Å². The predicted molar refractivity (Wildman–Crippen MR) is 84.7 cm³/mol. The zero-order valence-corrected chi connectivity index (χ0v) is 13.3. The van der Waals surface area contributed by atoms with Crippen LogP contribution in [0.15, 0.2) is 39.5 Å². The minimum Gasteiger partial charge on any atom is -0.337 e. The van der Waals surface area contributed by atoms with E-state index in [0.717, 1.165) is 4.88 Å². The molecular weight excluding hydrogens is 318 g/mol. The summed E-state index contributed by atoms with van der Waals surface area (Å²) in [6.07, 6.45) is 0.453. The summed E-state index contributed by atoms with van der Waals surface area (Å²) >= 11 is 3.23. The monoisotopic (exact) mass is 331 g/mol. The van der Waals surface area contributed by atoms with Crippen molar-refractivity contribution in [3.05, 3.63) is 45.7 Å². The summed E-state index contributed by atoms with van der Waals surface area (Å²) in [5, 5.41) is 8.07. The minimum absolute atomic E-state index is 0.0184. The first-order valence-corrected chi connectivity index (χ1v) is 8.73. The molecule has 4 rings (SSSR count). The van der Waals surface area contributed by atoms with E-state index in [0.29, 0.717) is 31.2 Å². The predicted octanol–water partition coefficient (Wildman–Crippen LogP) is 3.38. The largest absolute Gasteiger partial charge is 0.337 e.